The molecule has 0 spiro atoms. The van der Waals surface area contributed by atoms with E-state index in [-0.39, 0.29) is 19.1 Å². The fourth-order valence-electron chi connectivity index (χ4n) is 2.98. The molecule has 0 fully saturated rings. The van der Waals surface area contributed by atoms with Gasteiger partial charge in [-0.25, -0.2) is 0 Å². The molecule has 1 unspecified atom stereocenters. The van der Waals surface area contributed by atoms with Gasteiger partial charge in [-0.1, -0.05) is 41.9 Å². The summed E-state index contributed by atoms with van der Waals surface area (Å²) < 4.78 is 11.7. The van der Waals surface area contributed by atoms with Crippen LogP contribution in [-0.2, 0) is 17.8 Å². The molecule has 0 aromatic heterocycles. The molecule has 148 valence electrons. The van der Waals surface area contributed by atoms with Gasteiger partial charge in [-0.05, 0) is 36.6 Å². The lowest BCUT2D eigenvalue weighted by Crippen LogP contribution is -2.38. The molecule has 1 aliphatic heterocycles. The molecule has 1 aliphatic rings. The molecule has 2 aromatic rings. The normalized spacial score (nSPS) is 15.3. The zero-order valence-electron chi connectivity index (χ0n) is 15.2. The molecule has 28 heavy (non-hydrogen) atoms. The minimum absolute atomic E-state index is 0.0579. The molecule has 5 nitrogen and oxygen atoms in total. The highest BCUT2D eigenvalue weighted by molar-refractivity contribution is 6.35. The summed E-state index contributed by atoms with van der Waals surface area (Å²) in [6, 6.07) is 11.1. The number of hydrogen-bond donors (Lipinski definition) is 2. The van der Waals surface area contributed by atoms with E-state index in [1.807, 2.05) is 18.2 Å². The van der Waals surface area contributed by atoms with Crippen LogP contribution in [0.5, 0.6) is 11.5 Å². The van der Waals surface area contributed by atoms with Crippen molar-refractivity contribution in [2.75, 3.05) is 6.61 Å². The standard InChI is InChI=1S/C21H21Cl2NO4/c1-13(5-8-21(25)26)24-15-9-14-6-7-16(10-20(14)28-11-15)27-12-17-18(22)3-2-4-19(17)23/h2-4,6-7,10,15,24H,1,5,8-9,11-12H2,(H,25,26). The summed E-state index contributed by atoms with van der Waals surface area (Å²) in [6.07, 6.45) is 1.22. The lowest BCUT2D eigenvalue weighted by Gasteiger charge is -2.28. The zero-order chi connectivity index (χ0) is 20.1. The van der Waals surface area contributed by atoms with E-state index in [9.17, 15) is 4.79 Å². The number of aliphatic carboxylic acids is 1. The predicted octanol–water partition coefficient (Wildman–Crippen LogP) is 4.84. The molecule has 0 saturated heterocycles. The molecule has 3 rings (SSSR count). The minimum atomic E-state index is -0.834. The summed E-state index contributed by atoms with van der Waals surface area (Å²) in [7, 11) is 0. The van der Waals surface area contributed by atoms with Crippen molar-refractivity contribution in [1.82, 2.24) is 5.32 Å². The summed E-state index contributed by atoms with van der Waals surface area (Å²) in [4.78, 5) is 10.7. The van der Waals surface area contributed by atoms with Crippen molar-refractivity contribution in [1.29, 1.82) is 0 Å². The van der Waals surface area contributed by atoms with Gasteiger partial charge in [0.2, 0.25) is 0 Å². The first-order valence-corrected chi connectivity index (χ1v) is 9.65. The van der Waals surface area contributed by atoms with Crippen molar-refractivity contribution in [3.8, 4) is 11.5 Å². The number of halogens is 2. The maximum Gasteiger partial charge on any atom is 0.303 e. The zero-order valence-corrected chi connectivity index (χ0v) is 16.7. The average Bonchev–Trinajstić information content (AvgIpc) is 2.66. The Balaban J connectivity index is 1.58. The topological polar surface area (TPSA) is 67.8 Å². The van der Waals surface area contributed by atoms with Crippen LogP contribution in [0.25, 0.3) is 0 Å². The molecular formula is C21H21Cl2NO4. The Labute approximate surface area is 173 Å². The lowest BCUT2D eigenvalue weighted by atomic mass is 10.0. The first-order chi connectivity index (χ1) is 13.4. The Kier molecular flexibility index (Phi) is 6.70. The molecule has 0 aliphatic carbocycles. The van der Waals surface area contributed by atoms with E-state index in [4.69, 9.17) is 37.8 Å². The van der Waals surface area contributed by atoms with Crippen molar-refractivity contribution in [3.05, 3.63) is 69.8 Å². The summed E-state index contributed by atoms with van der Waals surface area (Å²) >= 11 is 12.3. The molecule has 0 radical (unpaired) electrons. The van der Waals surface area contributed by atoms with Gasteiger partial charge in [0.15, 0.2) is 0 Å². The van der Waals surface area contributed by atoms with E-state index in [0.29, 0.717) is 34.5 Å². The third-order valence-electron chi connectivity index (χ3n) is 4.44. The maximum atomic E-state index is 10.7. The summed E-state index contributed by atoms with van der Waals surface area (Å²) in [6.45, 7) is 4.63. The van der Waals surface area contributed by atoms with Crippen LogP contribution in [0.15, 0.2) is 48.7 Å². The van der Waals surface area contributed by atoms with Crippen LogP contribution in [0, 0.1) is 0 Å². The number of rotatable bonds is 8. The van der Waals surface area contributed by atoms with E-state index in [0.717, 1.165) is 23.3 Å². The van der Waals surface area contributed by atoms with Gasteiger partial charge in [-0.3, -0.25) is 4.79 Å². The van der Waals surface area contributed by atoms with Crippen LogP contribution in [0.3, 0.4) is 0 Å². The van der Waals surface area contributed by atoms with Crippen LogP contribution in [0.2, 0.25) is 10.0 Å². The Hall–Kier alpha value is -2.37. The second-order valence-electron chi connectivity index (χ2n) is 6.61. The second kappa shape index (κ2) is 9.22. The van der Waals surface area contributed by atoms with Gasteiger partial charge in [0.05, 0.1) is 12.5 Å². The summed E-state index contributed by atoms with van der Waals surface area (Å²) in [5, 5.41) is 13.1. The predicted molar refractivity (Wildman–Crippen MR) is 109 cm³/mol. The van der Waals surface area contributed by atoms with Crippen molar-refractivity contribution in [2.24, 2.45) is 0 Å². The Morgan fingerprint density at radius 3 is 2.71 bits per heavy atom. The van der Waals surface area contributed by atoms with Gasteiger partial charge < -0.3 is 19.9 Å². The largest absolute Gasteiger partial charge is 0.491 e. The molecule has 0 saturated carbocycles. The maximum absolute atomic E-state index is 10.7. The number of fused-ring (bicyclic) bond motifs is 1. The monoisotopic (exact) mass is 421 g/mol. The smallest absolute Gasteiger partial charge is 0.303 e. The quantitative estimate of drug-likeness (QED) is 0.637. The first kappa shape index (κ1) is 20.4. The molecule has 2 N–H and O–H groups in total. The van der Waals surface area contributed by atoms with Gasteiger partial charge in [0.25, 0.3) is 0 Å². The van der Waals surface area contributed by atoms with E-state index in [1.54, 1.807) is 18.2 Å². The highest BCUT2D eigenvalue weighted by Gasteiger charge is 2.21. The molecule has 2 aromatic carbocycles. The number of carboxylic acid groups (broad SMARTS) is 1. The second-order valence-corrected chi connectivity index (χ2v) is 7.43. The van der Waals surface area contributed by atoms with Crippen LogP contribution < -0.4 is 14.8 Å². The molecular weight excluding hydrogens is 401 g/mol. The van der Waals surface area contributed by atoms with E-state index >= 15 is 0 Å². The molecule has 7 heteroatoms. The van der Waals surface area contributed by atoms with E-state index in [2.05, 4.69) is 11.9 Å². The van der Waals surface area contributed by atoms with Gasteiger partial charge in [-0.2, -0.15) is 0 Å². The van der Waals surface area contributed by atoms with Crippen LogP contribution in [0.4, 0.5) is 0 Å². The Morgan fingerprint density at radius 1 is 1.25 bits per heavy atom. The summed E-state index contributed by atoms with van der Waals surface area (Å²) in [5.41, 5.74) is 2.50. The van der Waals surface area contributed by atoms with Crippen LogP contribution in [-0.4, -0.2) is 23.7 Å². The fourth-order valence-corrected chi connectivity index (χ4v) is 3.49. The Morgan fingerprint density at radius 2 is 2.00 bits per heavy atom. The summed E-state index contributed by atoms with van der Waals surface area (Å²) in [5.74, 6) is 0.614. The number of allylic oxidation sites excluding steroid dienone is 1. The molecule has 1 atom stereocenters. The van der Waals surface area contributed by atoms with Crippen molar-refractivity contribution in [2.45, 2.75) is 31.9 Å². The third kappa shape index (κ3) is 5.33. The Bertz CT molecular complexity index is 864. The van der Waals surface area contributed by atoms with Crippen molar-refractivity contribution in [3.63, 3.8) is 0 Å². The highest BCUT2D eigenvalue weighted by Crippen LogP contribution is 2.31. The van der Waals surface area contributed by atoms with Gasteiger partial charge in [0.1, 0.15) is 24.7 Å². The highest BCUT2D eigenvalue weighted by atomic mass is 35.5. The average molecular weight is 422 g/mol. The number of nitrogens with one attached hydrogen (secondary N) is 1. The minimum Gasteiger partial charge on any atom is -0.491 e. The number of hydrogen-bond acceptors (Lipinski definition) is 4. The number of carboxylic acids is 1. The van der Waals surface area contributed by atoms with Gasteiger partial charge >= 0.3 is 5.97 Å². The van der Waals surface area contributed by atoms with E-state index < -0.39 is 5.97 Å². The van der Waals surface area contributed by atoms with Gasteiger partial charge in [-0.15, -0.1) is 0 Å². The van der Waals surface area contributed by atoms with Crippen molar-refractivity contribution < 1.29 is 19.4 Å². The SMILES string of the molecule is C=C(CCC(=O)O)NC1COc2cc(OCc3c(Cl)cccc3Cl)ccc2C1. The number of carbonyl (C=O) groups is 1. The molecule has 0 bridgehead atoms. The number of ether oxygens (including phenoxy) is 2. The van der Waals surface area contributed by atoms with Gasteiger partial charge in [0, 0.05) is 27.4 Å². The molecule has 1 heterocycles. The van der Waals surface area contributed by atoms with Crippen LogP contribution in [0.1, 0.15) is 24.0 Å². The van der Waals surface area contributed by atoms with Crippen molar-refractivity contribution >= 4 is 29.2 Å². The third-order valence-corrected chi connectivity index (χ3v) is 5.15. The number of benzene rings is 2. The van der Waals surface area contributed by atoms with Crippen LogP contribution >= 0.6 is 23.2 Å². The van der Waals surface area contributed by atoms with E-state index in [1.165, 1.54) is 0 Å². The first-order valence-electron chi connectivity index (χ1n) is 8.90. The molecule has 0 amide bonds. The fraction of sp³-hybridized carbons (Fsp3) is 0.286. The lowest BCUT2D eigenvalue weighted by molar-refractivity contribution is -0.136.